The van der Waals surface area contributed by atoms with E-state index in [1.165, 1.54) is 0 Å². The first-order chi connectivity index (χ1) is 6.00. The number of rotatable bonds is 1. The van der Waals surface area contributed by atoms with Crippen LogP contribution >= 0.6 is 50.5 Å². The van der Waals surface area contributed by atoms with Crippen LogP contribution in [0.5, 0.6) is 5.75 Å². The van der Waals surface area contributed by atoms with Crippen LogP contribution in [0.25, 0.3) is 0 Å². The van der Waals surface area contributed by atoms with Gasteiger partial charge in [0, 0.05) is 14.7 Å². The Morgan fingerprint density at radius 2 is 1.38 bits per heavy atom. The fourth-order valence-electron chi connectivity index (χ4n) is 0.815. The highest BCUT2D eigenvalue weighted by molar-refractivity contribution is 7.86. The highest BCUT2D eigenvalue weighted by Gasteiger charge is 2.15. The van der Waals surface area contributed by atoms with E-state index in [9.17, 15) is 9.90 Å². The van der Waals surface area contributed by atoms with Gasteiger partial charge < -0.3 is 5.11 Å². The minimum absolute atomic E-state index is 0.0798. The summed E-state index contributed by atoms with van der Waals surface area (Å²) in [6.07, 6.45) is 0.504. The number of hydrogen-bond acceptors (Lipinski definition) is 6. The van der Waals surface area contributed by atoms with Crippen molar-refractivity contribution in [3.63, 3.8) is 0 Å². The zero-order valence-electron chi connectivity index (χ0n) is 6.22. The summed E-state index contributed by atoms with van der Waals surface area (Å²) in [5.74, 6) is -0.217. The molecule has 70 valence electrons. The van der Waals surface area contributed by atoms with Crippen molar-refractivity contribution >= 4 is 56.8 Å². The number of aromatic hydroxyl groups is 1. The molecular weight excluding hydrogens is 244 g/mol. The van der Waals surface area contributed by atoms with Crippen molar-refractivity contribution in [3.05, 3.63) is 5.56 Å². The van der Waals surface area contributed by atoms with Crippen molar-refractivity contribution in [2.24, 2.45) is 0 Å². The van der Waals surface area contributed by atoms with Gasteiger partial charge in [-0.3, -0.25) is 4.79 Å². The number of carbonyl (C=O) groups excluding carboxylic acids is 1. The molecular formula is C7H6O2S4. The number of carbonyl (C=O) groups is 1. The first-order valence-corrected chi connectivity index (χ1v) is 4.93. The summed E-state index contributed by atoms with van der Waals surface area (Å²) in [6, 6.07) is 0. The monoisotopic (exact) mass is 250 g/mol. The van der Waals surface area contributed by atoms with Gasteiger partial charge in [0.2, 0.25) is 0 Å². The Hall–Kier alpha value is 0.0900. The van der Waals surface area contributed by atoms with Gasteiger partial charge in [0.05, 0.1) is 10.5 Å². The second kappa shape index (κ2) is 4.08. The molecule has 0 spiro atoms. The molecule has 0 fully saturated rings. The van der Waals surface area contributed by atoms with E-state index < -0.39 is 0 Å². The van der Waals surface area contributed by atoms with Crippen molar-refractivity contribution < 1.29 is 9.90 Å². The number of hydrogen-bond donors (Lipinski definition) is 5. The predicted octanol–water partition coefficient (Wildman–Crippen LogP) is 2.36. The Morgan fingerprint density at radius 1 is 0.923 bits per heavy atom. The van der Waals surface area contributed by atoms with E-state index in [-0.39, 0.29) is 16.2 Å². The van der Waals surface area contributed by atoms with Crippen LogP contribution in [0.15, 0.2) is 19.6 Å². The Labute approximate surface area is 97.4 Å². The SMILES string of the molecule is O=Cc1c(O)c(S)c(S)c(S)c1S. The van der Waals surface area contributed by atoms with Crippen LogP contribution < -0.4 is 0 Å². The summed E-state index contributed by atoms with van der Waals surface area (Å²) in [7, 11) is 0. The van der Waals surface area contributed by atoms with Gasteiger partial charge in [0.15, 0.2) is 6.29 Å². The highest BCUT2D eigenvalue weighted by Crippen LogP contribution is 2.40. The average Bonchev–Trinajstić information content (AvgIpc) is 2.13. The molecule has 0 saturated carbocycles. The fourth-order valence-corrected chi connectivity index (χ4v) is 1.94. The molecule has 0 atom stereocenters. The molecule has 2 nitrogen and oxygen atoms in total. The number of phenolic OH excluding ortho intramolecular Hbond substituents is 1. The lowest BCUT2D eigenvalue weighted by Crippen LogP contribution is -1.90. The van der Waals surface area contributed by atoms with Crippen LogP contribution in [-0.2, 0) is 0 Å². The first kappa shape index (κ1) is 11.2. The Morgan fingerprint density at radius 3 is 1.85 bits per heavy atom. The van der Waals surface area contributed by atoms with Gasteiger partial charge in [0.1, 0.15) is 5.75 Å². The number of aldehydes is 1. The van der Waals surface area contributed by atoms with Crippen LogP contribution in [0, 0.1) is 0 Å². The lowest BCUT2D eigenvalue weighted by atomic mass is 10.2. The second-order valence-corrected chi connectivity index (χ2v) is 4.06. The normalized spacial score (nSPS) is 10.2. The molecule has 0 unspecified atom stereocenters. The van der Waals surface area contributed by atoms with Gasteiger partial charge in [0.25, 0.3) is 0 Å². The maximum absolute atomic E-state index is 10.6. The summed E-state index contributed by atoms with van der Waals surface area (Å²) in [5, 5.41) is 9.44. The van der Waals surface area contributed by atoms with E-state index in [2.05, 4.69) is 50.5 Å². The van der Waals surface area contributed by atoms with Gasteiger partial charge in [-0.15, -0.1) is 50.5 Å². The molecule has 1 aromatic carbocycles. The molecule has 0 heterocycles. The minimum Gasteiger partial charge on any atom is -0.506 e. The van der Waals surface area contributed by atoms with Crippen LogP contribution in [-0.4, -0.2) is 11.4 Å². The molecule has 0 aliphatic carbocycles. The molecule has 0 saturated heterocycles. The first-order valence-electron chi connectivity index (χ1n) is 3.14. The van der Waals surface area contributed by atoms with Crippen LogP contribution in [0.1, 0.15) is 10.4 Å². The van der Waals surface area contributed by atoms with Gasteiger partial charge in [-0.1, -0.05) is 0 Å². The lowest BCUT2D eigenvalue weighted by molar-refractivity contribution is 0.111. The number of thiol groups is 4. The van der Waals surface area contributed by atoms with Gasteiger partial charge in [-0.25, -0.2) is 0 Å². The molecule has 6 heteroatoms. The molecule has 1 rings (SSSR count). The molecule has 0 amide bonds. The summed E-state index contributed by atoms with van der Waals surface area (Å²) in [5.41, 5.74) is 0.0798. The molecule has 0 radical (unpaired) electrons. The number of benzene rings is 1. The average molecular weight is 250 g/mol. The van der Waals surface area contributed by atoms with E-state index in [1.807, 2.05) is 0 Å². The van der Waals surface area contributed by atoms with Gasteiger partial charge in [-0.05, 0) is 0 Å². The minimum atomic E-state index is -0.217. The van der Waals surface area contributed by atoms with Crippen molar-refractivity contribution in [1.29, 1.82) is 0 Å². The van der Waals surface area contributed by atoms with Crippen molar-refractivity contribution in [1.82, 2.24) is 0 Å². The summed E-state index contributed by atoms with van der Waals surface area (Å²) in [6.45, 7) is 0. The molecule has 0 aliphatic heterocycles. The van der Waals surface area contributed by atoms with E-state index in [0.29, 0.717) is 21.0 Å². The Balaban J connectivity index is 3.66. The largest absolute Gasteiger partial charge is 0.506 e. The summed E-state index contributed by atoms with van der Waals surface area (Å²) >= 11 is 16.2. The van der Waals surface area contributed by atoms with Crippen molar-refractivity contribution in [2.75, 3.05) is 0 Å². The Kier molecular flexibility index (Phi) is 3.50. The maximum Gasteiger partial charge on any atom is 0.154 e. The zero-order chi connectivity index (χ0) is 10.2. The molecule has 1 aromatic rings. The third-order valence-electron chi connectivity index (χ3n) is 1.53. The zero-order valence-corrected chi connectivity index (χ0v) is 9.80. The summed E-state index contributed by atoms with van der Waals surface area (Å²) < 4.78 is 0. The van der Waals surface area contributed by atoms with E-state index >= 15 is 0 Å². The molecule has 0 aromatic heterocycles. The smallest absolute Gasteiger partial charge is 0.154 e. The highest BCUT2D eigenvalue weighted by atomic mass is 32.1. The van der Waals surface area contributed by atoms with Crippen LogP contribution in [0.3, 0.4) is 0 Å². The standard InChI is InChI=1S/C7H6O2S4/c8-1-2-3(9)5(11)7(13)6(12)4(2)10/h1,9-13H. The Bertz CT molecular complexity index is 346. The predicted molar refractivity (Wildman–Crippen MR) is 62.5 cm³/mol. The van der Waals surface area contributed by atoms with Gasteiger partial charge >= 0.3 is 0 Å². The van der Waals surface area contributed by atoms with E-state index in [0.717, 1.165) is 0 Å². The van der Waals surface area contributed by atoms with Crippen LogP contribution in [0.2, 0.25) is 0 Å². The van der Waals surface area contributed by atoms with Gasteiger partial charge in [-0.2, -0.15) is 0 Å². The quantitative estimate of drug-likeness (QED) is 0.392. The summed E-state index contributed by atoms with van der Waals surface area (Å²) in [4.78, 5) is 11.9. The fraction of sp³-hybridized carbons (Fsp3) is 0. The van der Waals surface area contributed by atoms with Crippen molar-refractivity contribution in [2.45, 2.75) is 19.6 Å². The van der Waals surface area contributed by atoms with E-state index in [4.69, 9.17) is 0 Å². The molecule has 0 bridgehead atoms. The van der Waals surface area contributed by atoms with E-state index in [1.54, 1.807) is 0 Å². The van der Waals surface area contributed by atoms with Crippen molar-refractivity contribution in [3.8, 4) is 5.75 Å². The van der Waals surface area contributed by atoms with Crippen LogP contribution in [0.4, 0.5) is 0 Å². The molecule has 13 heavy (non-hydrogen) atoms. The third-order valence-corrected chi connectivity index (χ3v) is 3.85. The third kappa shape index (κ3) is 1.81. The molecule has 0 aliphatic rings. The molecule has 1 N–H and O–H groups in total. The second-order valence-electron chi connectivity index (χ2n) is 2.27. The topological polar surface area (TPSA) is 37.3 Å². The lowest BCUT2D eigenvalue weighted by Gasteiger charge is -2.10. The number of phenols is 1. The maximum atomic E-state index is 10.6.